The third kappa shape index (κ3) is 4.30. The number of aromatic nitrogens is 1. The maximum Gasteiger partial charge on any atom is 0.172 e. The van der Waals surface area contributed by atoms with E-state index in [0.717, 1.165) is 11.1 Å². The van der Waals surface area contributed by atoms with Crippen LogP contribution < -0.4 is 10.6 Å². The molecule has 5 heteroatoms. The Morgan fingerprint density at radius 1 is 1.26 bits per heavy atom. The fraction of sp³-hybridized carbons (Fsp3) is 0.143. The molecule has 0 atom stereocenters. The van der Waals surface area contributed by atoms with E-state index < -0.39 is 0 Å². The lowest BCUT2D eigenvalue weighted by molar-refractivity contribution is 0.627. The zero-order valence-corrected chi connectivity index (χ0v) is 11.3. The average Bonchev–Trinajstić information content (AvgIpc) is 2.38. The van der Waals surface area contributed by atoms with Crippen LogP contribution in [0.3, 0.4) is 0 Å². The highest BCUT2D eigenvalue weighted by Crippen LogP contribution is 2.05. The smallest absolute Gasteiger partial charge is 0.172 e. The van der Waals surface area contributed by atoms with Crippen molar-refractivity contribution in [1.29, 1.82) is 0 Å². The van der Waals surface area contributed by atoms with Crippen LogP contribution in [0.4, 0.5) is 10.2 Å². The maximum atomic E-state index is 12.7. The van der Waals surface area contributed by atoms with Gasteiger partial charge in [0.1, 0.15) is 11.6 Å². The van der Waals surface area contributed by atoms with E-state index in [1.54, 1.807) is 18.3 Å². The molecule has 2 N–H and O–H groups in total. The second-order valence-corrected chi connectivity index (χ2v) is 4.56. The highest BCUT2D eigenvalue weighted by Gasteiger charge is 1.99. The summed E-state index contributed by atoms with van der Waals surface area (Å²) in [5.74, 6) is 0.463. The molecule has 0 unspecified atom stereocenters. The second kappa shape index (κ2) is 6.24. The molecule has 0 radical (unpaired) electrons. The number of pyridine rings is 1. The van der Waals surface area contributed by atoms with Crippen molar-refractivity contribution in [3.8, 4) is 0 Å². The first-order chi connectivity index (χ1) is 9.13. The van der Waals surface area contributed by atoms with Crippen molar-refractivity contribution in [2.24, 2.45) is 0 Å². The van der Waals surface area contributed by atoms with Crippen LogP contribution in [0.1, 0.15) is 11.1 Å². The zero-order chi connectivity index (χ0) is 13.7. The summed E-state index contributed by atoms with van der Waals surface area (Å²) in [6, 6.07) is 10.1. The quantitative estimate of drug-likeness (QED) is 0.844. The molecule has 98 valence electrons. The molecule has 1 heterocycles. The van der Waals surface area contributed by atoms with Gasteiger partial charge in [-0.2, -0.15) is 0 Å². The molecule has 0 saturated heterocycles. The van der Waals surface area contributed by atoms with Crippen LogP contribution in [0.15, 0.2) is 42.6 Å². The molecule has 0 saturated carbocycles. The van der Waals surface area contributed by atoms with Gasteiger partial charge < -0.3 is 10.6 Å². The number of benzene rings is 1. The van der Waals surface area contributed by atoms with E-state index in [9.17, 15) is 4.39 Å². The van der Waals surface area contributed by atoms with Gasteiger partial charge in [0.25, 0.3) is 0 Å². The zero-order valence-electron chi connectivity index (χ0n) is 10.5. The number of thiocarbonyl (C=S) groups is 1. The summed E-state index contributed by atoms with van der Waals surface area (Å²) in [5, 5.41) is 6.53. The SMILES string of the molecule is Cc1ccnc(NC(=S)NCc2ccc(F)cc2)c1. The second-order valence-electron chi connectivity index (χ2n) is 4.15. The first kappa shape index (κ1) is 13.4. The van der Waals surface area contributed by atoms with E-state index in [-0.39, 0.29) is 5.82 Å². The molecule has 3 nitrogen and oxygen atoms in total. The molecule has 0 fully saturated rings. The molecule has 0 bridgehead atoms. The molecule has 1 aromatic carbocycles. The molecule has 0 spiro atoms. The van der Waals surface area contributed by atoms with Gasteiger partial charge in [-0.3, -0.25) is 0 Å². The van der Waals surface area contributed by atoms with E-state index in [1.165, 1.54) is 12.1 Å². The van der Waals surface area contributed by atoms with E-state index in [1.807, 2.05) is 19.1 Å². The molecule has 0 amide bonds. The Kier molecular flexibility index (Phi) is 4.41. The van der Waals surface area contributed by atoms with Gasteiger partial charge in [0.15, 0.2) is 5.11 Å². The van der Waals surface area contributed by atoms with E-state index in [2.05, 4.69) is 15.6 Å². The van der Waals surface area contributed by atoms with Crippen molar-refractivity contribution >= 4 is 23.1 Å². The monoisotopic (exact) mass is 275 g/mol. The predicted molar refractivity (Wildman–Crippen MR) is 78.4 cm³/mol. The molecular formula is C14H14FN3S. The van der Waals surface area contributed by atoms with Crippen molar-refractivity contribution in [2.45, 2.75) is 13.5 Å². The van der Waals surface area contributed by atoms with Crippen molar-refractivity contribution in [3.63, 3.8) is 0 Å². The minimum Gasteiger partial charge on any atom is -0.358 e. The number of anilines is 1. The van der Waals surface area contributed by atoms with Crippen molar-refractivity contribution < 1.29 is 4.39 Å². The molecule has 0 aliphatic rings. The number of nitrogens with one attached hydrogen (secondary N) is 2. The number of hydrogen-bond donors (Lipinski definition) is 2. The van der Waals surface area contributed by atoms with Gasteiger partial charge in [0.2, 0.25) is 0 Å². The number of halogens is 1. The van der Waals surface area contributed by atoms with Crippen LogP contribution in [0.2, 0.25) is 0 Å². The number of rotatable bonds is 3. The van der Waals surface area contributed by atoms with Gasteiger partial charge in [0, 0.05) is 12.7 Å². The van der Waals surface area contributed by atoms with E-state index in [0.29, 0.717) is 17.5 Å². The maximum absolute atomic E-state index is 12.7. The van der Waals surface area contributed by atoms with Crippen LogP contribution in [-0.2, 0) is 6.54 Å². The third-order valence-corrected chi connectivity index (χ3v) is 2.77. The Morgan fingerprint density at radius 3 is 2.68 bits per heavy atom. The summed E-state index contributed by atoms with van der Waals surface area (Å²) in [6.07, 6.45) is 1.72. The van der Waals surface area contributed by atoms with Gasteiger partial charge in [-0.15, -0.1) is 0 Å². The lowest BCUT2D eigenvalue weighted by Gasteiger charge is -2.10. The minimum atomic E-state index is -0.242. The summed E-state index contributed by atoms with van der Waals surface area (Å²) in [5.41, 5.74) is 2.07. The molecule has 2 aromatic rings. The molecule has 1 aromatic heterocycles. The molecular weight excluding hydrogens is 261 g/mol. The Hall–Kier alpha value is -2.01. The van der Waals surface area contributed by atoms with Crippen LogP contribution in [0, 0.1) is 12.7 Å². The minimum absolute atomic E-state index is 0.242. The average molecular weight is 275 g/mol. The topological polar surface area (TPSA) is 37.0 Å². The molecule has 0 aliphatic heterocycles. The lowest BCUT2D eigenvalue weighted by atomic mass is 10.2. The Balaban J connectivity index is 1.86. The summed E-state index contributed by atoms with van der Waals surface area (Å²) in [6.45, 7) is 2.53. The first-order valence-corrected chi connectivity index (χ1v) is 6.26. The van der Waals surface area contributed by atoms with Crippen molar-refractivity contribution in [1.82, 2.24) is 10.3 Å². The molecule has 2 rings (SSSR count). The van der Waals surface area contributed by atoms with Crippen LogP contribution in [0.5, 0.6) is 0 Å². The summed E-state index contributed by atoms with van der Waals surface area (Å²) >= 11 is 5.17. The van der Waals surface area contributed by atoms with Crippen molar-refractivity contribution in [2.75, 3.05) is 5.32 Å². The van der Waals surface area contributed by atoms with Gasteiger partial charge in [-0.25, -0.2) is 9.37 Å². The van der Waals surface area contributed by atoms with Gasteiger partial charge in [-0.05, 0) is 54.5 Å². The number of hydrogen-bond acceptors (Lipinski definition) is 2. The normalized spacial score (nSPS) is 10.0. The summed E-state index contributed by atoms with van der Waals surface area (Å²) < 4.78 is 12.7. The Bertz CT molecular complexity index is 569. The third-order valence-electron chi connectivity index (χ3n) is 2.52. The van der Waals surface area contributed by atoms with Gasteiger partial charge in [0.05, 0.1) is 0 Å². The van der Waals surface area contributed by atoms with E-state index in [4.69, 9.17) is 12.2 Å². The Morgan fingerprint density at radius 2 is 2.00 bits per heavy atom. The van der Waals surface area contributed by atoms with Gasteiger partial charge in [-0.1, -0.05) is 12.1 Å². The summed E-state index contributed by atoms with van der Waals surface area (Å²) in [7, 11) is 0. The number of aryl methyl sites for hydroxylation is 1. The largest absolute Gasteiger partial charge is 0.358 e. The van der Waals surface area contributed by atoms with Gasteiger partial charge >= 0.3 is 0 Å². The van der Waals surface area contributed by atoms with E-state index >= 15 is 0 Å². The van der Waals surface area contributed by atoms with Crippen molar-refractivity contribution in [3.05, 3.63) is 59.5 Å². The Labute approximate surface area is 116 Å². The highest BCUT2D eigenvalue weighted by molar-refractivity contribution is 7.80. The fourth-order valence-electron chi connectivity index (χ4n) is 1.55. The van der Waals surface area contributed by atoms with Crippen LogP contribution in [-0.4, -0.2) is 10.1 Å². The predicted octanol–water partition coefficient (Wildman–Crippen LogP) is 3.02. The highest BCUT2D eigenvalue weighted by atomic mass is 32.1. The standard InChI is InChI=1S/C14H14FN3S/c1-10-6-7-16-13(8-10)18-14(19)17-9-11-2-4-12(15)5-3-11/h2-8H,9H2,1H3,(H2,16,17,18,19). The van der Waals surface area contributed by atoms with Crippen LogP contribution in [0.25, 0.3) is 0 Å². The first-order valence-electron chi connectivity index (χ1n) is 5.85. The van der Waals surface area contributed by atoms with Crippen LogP contribution >= 0.6 is 12.2 Å². The molecule has 0 aliphatic carbocycles. The number of nitrogens with zero attached hydrogens (tertiary/aromatic N) is 1. The molecule has 19 heavy (non-hydrogen) atoms. The fourth-order valence-corrected chi connectivity index (χ4v) is 1.73. The summed E-state index contributed by atoms with van der Waals surface area (Å²) in [4.78, 5) is 4.16. The lowest BCUT2D eigenvalue weighted by Crippen LogP contribution is -2.28.